The Morgan fingerprint density at radius 1 is 1.26 bits per heavy atom. The summed E-state index contributed by atoms with van der Waals surface area (Å²) in [7, 11) is 0. The molecule has 0 fully saturated rings. The zero-order valence-electron chi connectivity index (χ0n) is 12.4. The molecular weight excluding hydrogens is 378 g/mol. The second kappa shape index (κ2) is 8.24. The molecule has 1 aromatic carbocycles. The number of imidazole rings is 1. The van der Waals surface area contributed by atoms with Crippen LogP contribution in [0.15, 0.2) is 41.8 Å². The van der Waals surface area contributed by atoms with Crippen molar-refractivity contribution in [3.8, 4) is 0 Å². The van der Waals surface area contributed by atoms with Gasteiger partial charge in [0, 0.05) is 13.2 Å². The number of aliphatic hydroxyl groups is 1. The Labute approximate surface area is 148 Å². The Hall–Kier alpha value is -1.70. The third kappa shape index (κ3) is 3.99. The molecule has 0 bridgehead atoms. The number of anilines is 1. The third-order valence-corrected chi connectivity index (χ3v) is 4.28. The van der Waals surface area contributed by atoms with Crippen LogP contribution in [0.4, 0.5) is 5.95 Å². The average Bonchev–Trinajstić information content (AvgIpc) is 3.16. The van der Waals surface area contributed by atoms with Crippen molar-refractivity contribution >= 4 is 34.1 Å². The number of halogens is 1. The molecule has 2 N–H and O–H groups in total. The Balaban J connectivity index is 0.00000192. The number of hydrogen-bond donors (Lipinski definition) is 2. The standard InChI is InChI=1S/C16H17N3O2S.BrH/c20-9-4-8-17-16-18-12-5-1-2-6-13(12)19(16)11-14(21)15-7-3-10-22-15;/h1-3,5-7,10,20H,4,8-9,11H2,(H,17,18);1H/p-1. The topological polar surface area (TPSA) is 67.2 Å². The van der Waals surface area contributed by atoms with Crippen LogP contribution in [0, 0.1) is 0 Å². The number of Topliss-reactive ketones (excluding diaryl/α,β-unsaturated/α-hetero) is 1. The number of carbonyl (C=O) groups is 1. The van der Waals surface area contributed by atoms with E-state index in [4.69, 9.17) is 5.11 Å². The molecule has 2 aromatic heterocycles. The number of thiophene rings is 1. The van der Waals surface area contributed by atoms with Crippen molar-refractivity contribution < 1.29 is 26.9 Å². The summed E-state index contributed by atoms with van der Waals surface area (Å²) in [5.41, 5.74) is 1.78. The Morgan fingerprint density at radius 3 is 2.83 bits per heavy atom. The Bertz CT molecular complexity index is 771. The molecule has 0 amide bonds. The molecule has 0 saturated carbocycles. The van der Waals surface area contributed by atoms with Crippen LogP contribution in [0.1, 0.15) is 16.1 Å². The summed E-state index contributed by atoms with van der Waals surface area (Å²) < 4.78 is 1.90. The summed E-state index contributed by atoms with van der Waals surface area (Å²) in [6.45, 7) is 0.997. The van der Waals surface area contributed by atoms with Crippen LogP contribution in [0.2, 0.25) is 0 Å². The van der Waals surface area contributed by atoms with E-state index >= 15 is 0 Å². The quantitative estimate of drug-likeness (QED) is 0.429. The van der Waals surface area contributed by atoms with Gasteiger partial charge in [0.05, 0.1) is 22.5 Å². The van der Waals surface area contributed by atoms with Crippen molar-refractivity contribution in [1.29, 1.82) is 0 Å². The number of nitrogens with zero attached hydrogens (tertiary/aromatic N) is 2. The van der Waals surface area contributed by atoms with Gasteiger partial charge in [-0.25, -0.2) is 4.98 Å². The maximum absolute atomic E-state index is 12.4. The van der Waals surface area contributed by atoms with Crippen LogP contribution in [0.3, 0.4) is 0 Å². The number of aliphatic hydroxyl groups excluding tert-OH is 1. The SMILES string of the molecule is O=C(Cn1c(NCCCO)nc2ccccc21)c1cccs1.[Br-]. The van der Waals surface area contributed by atoms with E-state index < -0.39 is 0 Å². The lowest BCUT2D eigenvalue weighted by Gasteiger charge is -2.09. The number of aromatic nitrogens is 2. The molecule has 0 aliphatic rings. The molecule has 2 heterocycles. The molecule has 0 unspecified atom stereocenters. The van der Waals surface area contributed by atoms with Gasteiger partial charge >= 0.3 is 0 Å². The van der Waals surface area contributed by atoms with Gasteiger partial charge in [-0.05, 0) is 30.0 Å². The number of hydrogen-bond acceptors (Lipinski definition) is 5. The van der Waals surface area contributed by atoms with E-state index in [9.17, 15) is 4.79 Å². The maximum Gasteiger partial charge on any atom is 0.204 e. The van der Waals surface area contributed by atoms with E-state index in [0.29, 0.717) is 18.9 Å². The van der Waals surface area contributed by atoms with Crippen molar-refractivity contribution in [3.63, 3.8) is 0 Å². The summed E-state index contributed by atoms with van der Waals surface area (Å²) >= 11 is 1.45. The van der Waals surface area contributed by atoms with Gasteiger partial charge in [0.1, 0.15) is 0 Å². The van der Waals surface area contributed by atoms with Gasteiger partial charge < -0.3 is 32.0 Å². The largest absolute Gasteiger partial charge is 1.00 e. The second-order valence-electron chi connectivity index (χ2n) is 4.91. The molecule has 23 heavy (non-hydrogen) atoms. The summed E-state index contributed by atoms with van der Waals surface area (Å²) in [5, 5.41) is 14.0. The maximum atomic E-state index is 12.4. The predicted molar refractivity (Wildman–Crippen MR) is 88.6 cm³/mol. The highest BCUT2D eigenvalue weighted by molar-refractivity contribution is 7.12. The highest BCUT2D eigenvalue weighted by Crippen LogP contribution is 2.21. The Morgan fingerprint density at radius 2 is 2.09 bits per heavy atom. The molecule has 122 valence electrons. The lowest BCUT2D eigenvalue weighted by molar-refractivity contribution is -0.0000135. The third-order valence-electron chi connectivity index (χ3n) is 3.37. The molecular formula is C16H17BrN3O2S-. The highest BCUT2D eigenvalue weighted by atomic mass is 79.9. The summed E-state index contributed by atoms with van der Waals surface area (Å²) in [5.74, 6) is 0.739. The normalized spacial score (nSPS) is 10.5. The first-order valence-corrected chi connectivity index (χ1v) is 8.04. The predicted octanol–water partition coefficient (Wildman–Crippen LogP) is -0.221. The smallest absolute Gasteiger partial charge is 0.204 e. The van der Waals surface area contributed by atoms with Crippen LogP contribution >= 0.6 is 11.3 Å². The minimum atomic E-state index is 0. The summed E-state index contributed by atoms with van der Waals surface area (Å²) in [4.78, 5) is 17.7. The molecule has 3 rings (SSSR count). The molecule has 0 atom stereocenters. The number of nitrogens with one attached hydrogen (secondary N) is 1. The molecule has 0 aliphatic heterocycles. The monoisotopic (exact) mass is 394 g/mol. The van der Waals surface area contributed by atoms with Gasteiger partial charge in [-0.1, -0.05) is 18.2 Å². The zero-order chi connectivity index (χ0) is 15.4. The molecule has 0 aliphatic carbocycles. The molecule has 0 radical (unpaired) electrons. The summed E-state index contributed by atoms with van der Waals surface area (Å²) in [6.07, 6.45) is 0.641. The van der Waals surface area contributed by atoms with Gasteiger partial charge in [0.2, 0.25) is 5.95 Å². The minimum Gasteiger partial charge on any atom is -1.00 e. The molecule has 0 saturated heterocycles. The Kier molecular flexibility index (Phi) is 6.32. The number of carbonyl (C=O) groups excluding carboxylic acids is 1. The van der Waals surface area contributed by atoms with Crippen LogP contribution < -0.4 is 22.3 Å². The van der Waals surface area contributed by atoms with Crippen LogP contribution in [-0.2, 0) is 6.54 Å². The van der Waals surface area contributed by atoms with Gasteiger partial charge in [0.15, 0.2) is 5.78 Å². The fourth-order valence-corrected chi connectivity index (χ4v) is 2.97. The highest BCUT2D eigenvalue weighted by Gasteiger charge is 2.15. The number of para-hydroxylation sites is 2. The molecule has 3 aromatic rings. The van der Waals surface area contributed by atoms with Crippen LogP contribution in [-0.4, -0.2) is 33.6 Å². The number of ketones is 1. The van der Waals surface area contributed by atoms with E-state index in [1.807, 2.05) is 46.3 Å². The second-order valence-corrected chi connectivity index (χ2v) is 5.86. The fourth-order valence-electron chi connectivity index (χ4n) is 2.31. The van der Waals surface area contributed by atoms with Crippen molar-refractivity contribution in [2.24, 2.45) is 0 Å². The zero-order valence-corrected chi connectivity index (χ0v) is 14.8. The van der Waals surface area contributed by atoms with Gasteiger partial charge in [-0.2, -0.15) is 0 Å². The number of benzene rings is 1. The first-order valence-electron chi connectivity index (χ1n) is 7.16. The van der Waals surface area contributed by atoms with Crippen molar-refractivity contribution in [2.75, 3.05) is 18.5 Å². The number of fused-ring (bicyclic) bond motifs is 1. The van der Waals surface area contributed by atoms with E-state index in [-0.39, 0.29) is 35.9 Å². The van der Waals surface area contributed by atoms with E-state index in [0.717, 1.165) is 15.9 Å². The van der Waals surface area contributed by atoms with E-state index in [1.54, 1.807) is 0 Å². The van der Waals surface area contributed by atoms with Crippen LogP contribution in [0.5, 0.6) is 0 Å². The van der Waals surface area contributed by atoms with Crippen molar-refractivity contribution in [2.45, 2.75) is 13.0 Å². The molecule has 7 heteroatoms. The van der Waals surface area contributed by atoms with Crippen molar-refractivity contribution in [3.05, 3.63) is 46.7 Å². The number of rotatable bonds is 7. The lowest BCUT2D eigenvalue weighted by Crippen LogP contribution is -3.00. The summed E-state index contributed by atoms with van der Waals surface area (Å²) in [6, 6.07) is 11.5. The lowest BCUT2D eigenvalue weighted by atomic mass is 10.3. The van der Waals surface area contributed by atoms with Gasteiger partial charge in [0.25, 0.3) is 0 Å². The molecule has 5 nitrogen and oxygen atoms in total. The first kappa shape index (κ1) is 17.7. The van der Waals surface area contributed by atoms with E-state index in [1.165, 1.54) is 11.3 Å². The van der Waals surface area contributed by atoms with Crippen molar-refractivity contribution in [1.82, 2.24) is 9.55 Å². The average molecular weight is 395 g/mol. The fraction of sp³-hybridized carbons (Fsp3) is 0.250. The first-order chi connectivity index (χ1) is 10.8. The van der Waals surface area contributed by atoms with Crippen LogP contribution in [0.25, 0.3) is 11.0 Å². The molecule has 0 spiro atoms. The minimum absolute atomic E-state index is 0. The van der Waals surface area contributed by atoms with Gasteiger partial charge in [-0.15, -0.1) is 11.3 Å². The van der Waals surface area contributed by atoms with E-state index in [2.05, 4.69) is 10.3 Å². The van der Waals surface area contributed by atoms with Gasteiger partial charge in [-0.3, -0.25) is 4.79 Å².